The van der Waals surface area contributed by atoms with Gasteiger partial charge in [0.1, 0.15) is 0 Å². The Kier molecular flexibility index (Phi) is 5.78. The Bertz CT molecular complexity index is 603. The number of nitrogens with one attached hydrogen (secondary N) is 1. The SMILES string of the molecule is CCn1nc(C)c(CNc2nn(C(C)C)cc2C)c1F.Cl. The molecule has 0 atom stereocenters. The van der Waals surface area contributed by atoms with Crippen LogP contribution in [0.25, 0.3) is 0 Å². The van der Waals surface area contributed by atoms with Crippen LogP contribution in [-0.4, -0.2) is 19.6 Å². The molecule has 2 rings (SSSR count). The minimum atomic E-state index is -0.265. The first-order valence-corrected chi connectivity index (χ1v) is 6.95. The molecule has 0 saturated carbocycles. The molecule has 1 N–H and O–H groups in total. The number of hydrogen-bond donors (Lipinski definition) is 1. The highest BCUT2D eigenvalue weighted by Gasteiger charge is 2.15. The summed E-state index contributed by atoms with van der Waals surface area (Å²) in [6, 6.07) is 0.311. The first-order valence-electron chi connectivity index (χ1n) is 6.95. The Morgan fingerprint density at radius 3 is 2.43 bits per heavy atom. The van der Waals surface area contributed by atoms with Crippen molar-refractivity contribution >= 4 is 18.2 Å². The van der Waals surface area contributed by atoms with Crippen LogP contribution >= 0.6 is 12.4 Å². The molecule has 0 aliphatic carbocycles. The lowest BCUT2D eigenvalue weighted by atomic mass is 10.2. The van der Waals surface area contributed by atoms with Crippen LogP contribution in [0.1, 0.15) is 43.6 Å². The number of nitrogens with zero attached hydrogens (tertiary/aromatic N) is 4. The Morgan fingerprint density at radius 1 is 1.29 bits per heavy atom. The standard InChI is InChI=1S/C14H22FN5.ClH/c1-6-19-13(15)12(11(5)17-19)7-16-14-10(4)8-20(18-14)9(2)3;/h8-9H,6-7H2,1-5H3,(H,16,18);1H. The summed E-state index contributed by atoms with van der Waals surface area (Å²) < 4.78 is 17.3. The zero-order valence-corrected chi connectivity index (χ0v) is 14.0. The van der Waals surface area contributed by atoms with Gasteiger partial charge in [-0.25, -0.2) is 4.68 Å². The van der Waals surface area contributed by atoms with Gasteiger partial charge in [-0.05, 0) is 34.6 Å². The number of rotatable bonds is 5. The number of hydrogen-bond acceptors (Lipinski definition) is 3. The quantitative estimate of drug-likeness (QED) is 0.919. The largest absolute Gasteiger partial charge is 0.364 e. The van der Waals surface area contributed by atoms with Crippen LogP contribution in [0, 0.1) is 19.8 Å². The monoisotopic (exact) mass is 315 g/mol. The van der Waals surface area contributed by atoms with Gasteiger partial charge >= 0.3 is 0 Å². The smallest absolute Gasteiger partial charge is 0.216 e. The van der Waals surface area contributed by atoms with Crippen LogP contribution in [-0.2, 0) is 13.1 Å². The third-order valence-corrected chi connectivity index (χ3v) is 3.36. The fourth-order valence-corrected chi connectivity index (χ4v) is 2.09. The minimum absolute atomic E-state index is 0. The molecule has 118 valence electrons. The fourth-order valence-electron chi connectivity index (χ4n) is 2.09. The van der Waals surface area contributed by atoms with Crippen molar-refractivity contribution in [2.45, 2.75) is 53.8 Å². The molecule has 0 radical (unpaired) electrons. The Balaban J connectivity index is 0.00000220. The third kappa shape index (κ3) is 3.56. The Labute approximate surface area is 130 Å². The fraction of sp³-hybridized carbons (Fsp3) is 0.571. The van der Waals surface area contributed by atoms with Gasteiger partial charge in [-0.1, -0.05) is 0 Å². The van der Waals surface area contributed by atoms with Crippen molar-refractivity contribution in [3.8, 4) is 0 Å². The van der Waals surface area contributed by atoms with Crippen molar-refractivity contribution in [3.05, 3.63) is 29.0 Å². The van der Waals surface area contributed by atoms with Crippen LogP contribution in [0.15, 0.2) is 6.20 Å². The van der Waals surface area contributed by atoms with E-state index in [-0.39, 0.29) is 18.4 Å². The van der Waals surface area contributed by atoms with Gasteiger partial charge in [-0.3, -0.25) is 4.68 Å². The van der Waals surface area contributed by atoms with Crippen molar-refractivity contribution in [1.82, 2.24) is 19.6 Å². The molecule has 0 amide bonds. The molecular formula is C14H23ClFN5. The van der Waals surface area contributed by atoms with E-state index >= 15 is 0 Å². The molecule has 5 nitrogen and oxygen atoms in total. The van der Waals surface area contributed by atoms with Gasteiger partial charge in [-0.15, -0.1) is 12.4 Å². The van der Waals surface area contributed by atoms with E-state index < -0.39 is 0 Å². The van der Waals surface area contributed by atoms with E-state index in [1.165, 1.54) is 4.68 Å². The van der Waals surface area contributed by atoms with Crippen LogP contribution in [0.5, 0.6) is 0 Å². The molecule has 0 aliphatic rings. The van der Waals surface area contributed by atoms with Gasteiger partial charge in [0.15, 0.2) is 5.82 Å². The van der Waals surface area contributed by atoms with Gasteiger partial charge in [0, 0.05) is 36.5 Å². The van der Waals surface area contributed by atoms with E-state index in [1.807, 2.05) is 31.6 Å². The van der Waals surface area contributed by atoms with E-state index in [4.69, 9.17) is 0 Å². The molecular weight excluding hydrogens is 293 g/mol. The van der Waals surface area contributed by atoms with Gasteiger partial charge < -0.3 is 5.32 Å². The normalized spacial score (nSPS) is 10.8. The second-order valence-electron chi connectivity index (χ2n) is 5.26. The molecule has 0 fully saturated rings. The maximum absolute atomic E-state index is 14.1. The van der Waals surface area contributed by atoms with Crippen molar-refractivity contribution < 1.29 is 4.39 Å². The number of aromatic nitrogens is 4. The van der Waals surface area contributed by atoms with E-state index in [9.17, 15) is 4.39 Å². The maximum Gasteiger partial charge on any atom is 0.216 e. The van der Waals surface area contributed by atoms with Crippen molar-refractivity contribution in [2.24, 2.45) is 0 Å². The lowest BCUT2D eigenvalue weighted by Gasteiger charge is -2.05. The van der Waals surface area contributed by atoms with Crippen LogP contribution in [0.2, 0.25) is 0 Å². The summed E-state index contributed by atoms with van der Waals surface area (Å²) in [6.45, 7) is 10.8. The van der Waals surface area contributed by atoms with Crippen molar-refractivity contribution in [1.29, 1.82) is 0 Å². The van der Waals surface area contributed by atoms with Gasteiger partial charge in [-0.2, -0.15) is 14.6 Å². The van der Waals surface area contributed by atoms with Gasteiger partial charge in [0.2, 0.25) is 5.95 Å². The maximum atomic E-state index is 14.1. The molecule has 0 aliphatic heterocycles. The number of aryl methyl sites for hydroxylation is 3. The van der Waals surface area contributed by atoms with E-state index in [0.717, 1.165) is 17.1 Å². The van der Waals surface area contributed by atoms with Crippen LogP contribution in [0.3, 0.4) is 0 Å². The van der Waals surface area contributed by atoms with Gasteiger partial charge in [0.05, 0.1) is 5.69 Å². The van der Waals surface area contributed by atoms with Crippen LogP contribution < -0.4 is 5.32 Å². The summed E-state index contributed by atoms with van der Waals surface area (Å²) in [5, 5.41) is 11.8. The molecule has 2 heterocycles. The predicted molar refractivity (Wildman–Crippen MR) is 84.5 cm³/mol. The minimum Gasteiger partial charge on any atom is -0.364 e. The molecule has 21 heavy (non-hydrogen) atoms. The second-order valence-corrected chi connectivity index (χ2v) is 5.26. The second kappa shape index (κ2) is 6.93. The van der Waals surface area contributed by atoms with Gasteiger partial charge in [0.25, 0.3) is 0 Å². The molecule has 0 unspecified atom stereocenters. The average Bonchev–Trinajstić information content (AvgIpc) is 2.89. The summed E-state index contributed by atoms with van der Waals surface area (Å²) >= 11 is 0. The lowest BCUT2D eigenvalue weighted by Crippen LogP contribution is -2.06. The summed E-state index contributed by atoms with van der Waals surface area (Å²) in [5.41, 5.74) is 2.38. The summed E-state index contributed by atoms with van der Waals surface area (Å²) in [7, 11) is 0. The molecule has 0 saturated heterocycles. The average molecular weight is 316 g/mol. The summed E-state index contributed by atoms with van der Waals surface area (Å²) in [4.78, 5) is 0. The zero-order valence-electron chi connectivity index (χ0n) is 13.1. The molecule has 0 bridgehead atoms. The summed E-state index contributed by atoms with van der Waals surface area (Å²) in [5.74, 6) is 0.528. The predicted octanol–water partition coefficient (Wildman–Crippen LogP) is 3.47. The lowest BCUT2D eigenvalue weighted by molar-refractivity contribution is 0.464. The van der Waals surface area contributed by atoms with Crippen molar-refractivity contribution in [2.75, 3.05) is 5.32 Å². The number of halogens is 2. The topological polar surface area (TPSA) is 47.7 Å². The molecule has 2 aromatic rings. The molecule has 0 spiro atoms. The van der Waals surface area contributed by atoms with Crippen molar-refractivity contribution in [3.63, 3.8) is 0 Å². The number of anilines is 1. The zero-order chi connectivity index (χ0) is 14.9. The van der Waals surface area contributed by atoms with E-state index in [2.05, 4.69) is 29.4 Å². The Morgan fingerprint density at radius 2 is 1.95 bits per heavy atom. The first-order chi connectivity index (χ1) is 9.43. The third-order valence-electron chi connectivity index (χ3n) is 3.36. The Hall–Kier alpha value is -1.56. The van der Waals surface area contributed by atoms with E-state index in [1.54, 1.807) is 0 Å². The van der Waals surface area contributed by atoms with E-state index in [0.29, 0.717) is 24.7 Å². The van der Waals surface area contributed by atoms with Crippen LogP contribution in [0.4, 0.5) is 10.2 Å². The highest BCUT2D eigenvalue weighted by molar-refractivity contribution is 5.85. The summed E-state index contributed by atoms with van der Waals surface area (Å²) in [6.07, 6.45) is 1.99. The highest BCUT2D eigenvalue weighted by Crippen LogP contribution is 2.18. The molecule has 2 aromatic heterocycles. The molecule has 0 aromatic carbocycles. The molecule has 7 heteroatoms. The highest BCUT2D eigenvalue weighted by atomic mass is 35.5. The first kappa shape index (κ1) is 17.5.